The average molecular weight is 404 g/mol. The van der Waals surface area contributed by atoms with Crippen LogP contribution in [0.3, 0.4) is 0 Å². The summed E-state index contributed by atoms with van der Waals surface area (Å²) in [5, 5.41) is -5.44. The summed E-state index contributed by atoms with van der Waals surface area (Å²) in [6.45, 7) is 7.65. The molecule has 0 spiro atoms. The number of halogens is 5. The molecule has 1 aliphatic heterocycles. The van der Waals surface area contributed by atoms with E-state index in [1.807, 2.05) is 0 Å². The van der Waals surface area contributed by atoms with Gasteiger partial charge in [0, 0.05) is 11.6 Å². The van der Waals surface area contributed by atoms with Crippen LogP contribution in [0.2, 0.25) is 0 Å². The number of pyridine rings is 1. The molecule has 1 aliphatic rings. The Morgan fingerprint density at radius 2 is 1.96 bits per heavy atom. The minimum atomic E-state index is -5.23. The molecule has 142 valence electrons. The van der Waals surface area contributed by atoms with Crippen molar-refractivity contribution in [2.24, 2.45) is 0 Å². The smallest absolute Gasteiger partial charge is 0.358 e. The van der Waals surface area contributed by atoms with Crippen LogP contribution in [0.4, 0.5) is 27.6 Å². The Bertz CT molecular complexity index is 1080. The SMILES string of the molecule is [C-]#[N+]c1cc(F)cc(Oc2cnc3c(c2C(F)F)C(C)C(F)(F)S3(=O)=O)c1. The van der Waals surface area contributed by atoms with Gasteiger partial charge in [-0.3, -0.25) is 0 Å². The Hall–Kier alpha value is -2.74. The quantitative estimate of drug-likeness (QED) is 0.535. The predicted molar refractivity (Wildman–Crippen MR) is 82.5 cm³/mol. The molecule has 0 saturated heterocycles. The van der Waals surface area contributed by atoms with Gasteiger partial charge in [0.1, 0.15) is 11.6 Å². The fourth-order valence-corrected chi connectivity index (χ4v) is 4.38. The third-order valence-electron chi connectivity index (χ3n) is 4.07. The lowest BCUT2D eigenvalue weighted by atomic mass is 9.98. The molecule has 0 N–H and O–H groups in total. The van der Waals surface area contributed by atoms with Gasteiger partial charge in [0.2, 0.25) is 0 Å². The molecule has 0 radical (unpaired) electrons. The maximum absolute atomic E-state index is 14.1. The van der Waals surface area contributed by atoms with Crippen LogP contribution in [0.1, 0.15) is 30.4 Å². The minimum absolute atomic E-state index is 0.180. The van der Waals surface area contributed by atoms with E-state index in [2.05, 4.69) is 9.83 Å². The van der Waals surface area contributed by atoms with Crippen LogP contribution < -0.4 is 4.74 Å². The molecule has 1 aromatic heterocycles. The molecule has 5 nitrogen and oxygen atoms in total. The first-order valence-corrected chi connectivity index (χ1v) is 8.78. The molecule has 2 heterocycles. The highest BCUT2D eigenvalue weighted by Crippen LogP contribution is 2.53. The molecule has 0 fully saturated rings. The van der Waals surface area contributed by atoms with E-state index in [1.165, 1.54) is 0 Å². The highest BCUT2D eigenvalue weighted by molar-refractivity contribution is 7.92. The van der Waals surface area contributed by atoms with Gasteiger partial charge in [0.25, 0.3) is 16.3 Å². The molecular formula is C16H9F5N2O3S. The summed E-state index contributed by atoms with van der Waals surface area (Å²) < 4.78 is 97.8. The normalized spacial score (nSPS) is 19.6. The Morgan fingerprint density at radius 1 is 1.30 bits per heavy atom. The van der Waals surface area contributed by atoms with E-state index < -0.39 is 55.2 Å². The molecule has 0 amide bonds. The molecule has 1 atom stereocenters. The summed E-state index contributed by atoms with van der Waals surface area (Å²) in [4.78, 5) is 6.37. The zero-order valence-corrected chi connectivity index (χ0v) is 14.2. The number of rotatable bonds is 3. The van der Waals surface area contributed by atoms with Gasteiger partial charge in [0.05, 0.1) is 24.3 Å². The largest absolute Gasteiger partial charge is 0.456 e. The van der Waals surface area contributed by atoms with Crippen LogP contribution in [0.15, 0.2) is 29.4 Å². The van der Waals surface area contributed by atoms with Crippen LogP contribution in [0, 0.1) is 12.4 Å². The second-order valence-electron chi connectivity index (χ2n) is 5.70. The lowest BCUT2D eigenvalue weighted by molar-refractivity contribution is 0.0705. The van der Waals surface area contributed by atoms with E-state index in [4.69, 9.17) is 11.3 Å². The fraction of sp³-hybridized carbons (Fsp3) is 0.250. The predicted octanol–water partition coefficient (Wildman–Crippen LogP) is 4.98. The number of benzene rings is 1. The number of nitrogens with zero attached hydrogens (tertiary/aromatic N) is 2. The van der Waals surface area contributed by atoms with Crippen LogP contribution >= 0.6 is 0 Å². The van der Waals surface area contributed by atoms with E-state index in [-0.39, 0.29) is 11.4 Å². The molecule has 1 unspecified atom stereocenters. The molecule has 3 rings (SSSR count). The molecule has 0 bridgehead atoms. The Morgan fingerprint density at radius 3 is 2.56 bits per heavy atom. The van der Waals surface area contributed by atoms with Gasteiger partial charge in [-0.05, 0) is 12.1 Å². The van der Waals surface area contributed by atoms with Crippen molar-refractivity contribution in [1.29, 1.82) is 0 Å². The number of hydrogen-bond acceptors (Lipinski definition) is 4. The summed E-state index contributed by atoms with van der Waals surface area (Å²) >= 11 is 0. The van der Waals surface area contributed by atoms with Crippen molar-refractivity contribution in [2.75, 3.05) is 0 Å². The van der Waals surface area contributed by atoms with Crippen LogP contribution in [0.5, 0.6) is 11.5 Å². The first-order valence-electron chi connectivity index (χ1n) is 7.30. The van der Waals surface area contributed by atoms with E-state index >= 15 is 0 Å². The van der Waals surface area contributed by atoms with Crippen molar-refractivity contribution < 1.29 is 35.1 Å². The number of hydrogen-bond donors (Lipinski definition) is 0. The highest BCUT2D eigenvalue weighted by atomic mass is 32.2. The topological polar surface area (TPSA) is 60.6 Å². The molecular weight excluding hydrogens is 395 g/mol. The van der Waals surface area contributed by atoms with Crippen molar-refractivity contribution in [1.82, 2.24) is 4.98 Å². The van der Waals surface area contributed by atoms with E-state index in [9.17, 15) is 30.4 Å². The van der Waals surface area contributed by atoms with Crippen LogP contribution in [-0.4, -0.2) is 18.7 Å². The summed E-state index contributed by atoms with van der Waals surface area (Å²) in [7, 11) is -5.23. The average Bonchev–Trinajstić information content (AvgIpc) is 2.71. The third-order valence-corrected chi connectivity index (χ3v) is 5.97. The van der Waals surface area contributed by atoms with E-state index in [1.54, 1.807) is 0 Å². The van der Waals surface area contributed by atoms with Crippen molar-refractivity contribution >= 4 is 15.5 Å². The number of ether oxygens (including phenoxy) is 1. The standard InChI is InChI=1S/C16H9F5N2O3S/c1-7-12-13(14(18)19)11(6-23-15(12)27(24,25)16(7,20)21)26-10-4-8(17)3-9(5-10)22-2/h3-7,14H,1H3. The third kappa shape index (κ3) is 2.80. The van der Waals surface area contributed by atoms with Crippen molar-refractivity contribution in [3.05, 3.63) is 52.8 Å². The maximum Gasteiger partial charge on any atom is 0.358 e. The van der Waals surface area contributed by atoms with E-state index in [0.717, 1.165) is 25.1 Å². The van der Waals surface area contributed by atoms with Crippen molar-refractivity contribution in [2.45, 2.75) is 29.5 Å². The number of sulfone groups is 1. The zero-order chi connectivity index (χ0) is 20.1. The summed E-state index contributed by atoms with van der Waals surface area (Å²) in [5.41, 5.74) is -2.09. The maximum atomic E-state index is 14.1. The van der Waals surface area contributed by atoms with Gasteiger partial charge in [-0.15, -0.1) is 0 Å². The molecule has 27 heavy (non-hydrogen) atoms. The number of aromatic nitrogens is 1. The zero-order valence-electron chi connectivity index (χ0n) is 13.4. The molecule has 2 aromatic rings. The monoisotopic (exact) mass is 404 g/mol. The Labute approximate surface area is 150 Å². The first-order chi connectivity index (χ1) is 12.5. The fourth-order valence-electron chi connectivity index (χ4n) is 2.77. The van der Waals surface area contributed by atoms with Gasteiger partial charge in [0.15, 0.2) is 16.5 Å². The minimum Gasteiger partial charge on any atom is -0.456 e. The van der Waals surface area contributed by atoms with Gasteiger partial charge in [-0.2, -0.15) is 8.78 Å². The van der Waals surface area contributed by atoms with Gasteiger partial charge < -0.3 is 4.74 Å². The van der Waals surface area contributed by atoms with Gasteiger partial charge in [-0.1, -0.05) is 6.92 Å². The molecule has 1 aromatic carbocycles. The summed E-state index contributed by atoms with van der Waals surface area (Å²) in [6.07, 6.45) is -2.80. The second-order valence-corrected chi connectivity index (χ2v) is 7.64. The van der Waals surface area contributed by atoms with Gasteiger partial charge >= 0.3 is 5.25 Å². The molecule has 0 aliphatic carbocycles. The van der Waals surface area contributed by atoms with Crippen molar-refractivity contribution in [3.8, 4) is 11.5 Å². The molecule has 11 heteroatoms. The lowest BCUT2D eigenvalue weighted by Gasteiger charge is -2.17. The van der Waals surface area contributed by atoms with E-state index in [0.29, 0.717) is 6.20 Å². The Balaban J connectivity index is 2.20. The number of fused-ring (bicyclic) bond motifs is 1. The summed E-state index contributed by atoms with van der Waals surface area (Å²) in [6, 6.07) is 2.73. The number of alkyl halides is 4. The van der Waals surface area contributed by atoms with Gasteiger partial charge in [-0.25, -0.2) is 31.4 Å². The Kier molecular flexibility index (Phi) is 4.34. The highest BCUT2D eigenvalue weighted by Gasteiger charge is 2.61. The molecule has 0 saturated carbocycles. The van der Waals surface area contributed by atoms with Crippen molar-refractivity contribution in [3.63, 3.8) is 0 Å². The summed E-state index contributed by atoms with van der Waals surface area (Å²) in [5.74, 6) is -4.01. The second kappa shape index (κ2) is 6.16. The first kappa shape index (κ1) is 19.0. The van der Waals surface area contributed by atoms with Crippen LogP contribution in [-0.2, 0) is 9.84 Å². The lowest BCUT2D eigenvalue weighted by Crippen LogP contribution is -2.27. The van der Waals surface area contributed by atoms with Crippen LogP contribution in [0.25, 0.3) is 4.85 Å².